The lowest BCUT2D eigenvalue weighted by Crippen LogP contribution is -2.39. The molecule has 0 saturated carbocycles. The van der Waals surface area contributed by atoms with Crippen LogP contribution < -0.4 is 5.32 Å². The van der Waals surface area contributed by atoms with Gasteiger partial charge in [-0.25, -0.2) is 0 Å². The van der Waals surface area contributed by atoms with Crippen molar-refractivity contribution in [2.75, 3.05) is 6.54 Å². The lowest BCUT2D eigenvalue weighted by atomic mass is 9.99. The highest BCUT2D eigenvalue weighted by Gasteiger charge is 2.14. The van der Waals surface area contributed by atoms with Gasteiger partial charge in [0.05, 0.1) is 0 Å². The molecule has 0 rings (SSSR count). The van der Waals surface area contributed by atoms with Crippen LogP contribution >= 0.6 is 15.9 Å². The molecule has 0 saturated heterocycles. The summed E-state index contributed by atoms with van der Waals surface area (Å²) in [6.07, 6.45) is 2.42. The van der Waals surface area contributed by atoms with E-state index in [2.05, 4.69) is 48.6 Å². The van der Waals surface area contributed by atoms with E-state index in [0.717, 1.165) is 11.0 Å². The molecule has 0 aliphatic rings. The second kappa shape index (κ2) is 4.94. The van der Waals surface area contributed by atoms with Gasteiger partial charge in [0.25, 0.3) is 0 Å². The van der Waals surface area contributed by atoms with Crippen LogP contribution in [0.3, 0.4) is 0 Å². The summed E-state index contributed by atoms with van der Waals surface area (Å²) in [5, 5.41) is 3.41. The zero-order valence-electron chi connectivity index (χ0n) is 7.71. The van der Waals surface area contributed by atoms with E-state index < -0.39 is 0 Å². The topological polar surface area (TPSA) is 12.0 Å². The average molecular weight is 220 g/mol. The van der Waals surface area contributed by atoms with Crippen LogP contribution in [0.5, 0.6) is 0 Å². The van der Waals surface area contributed by atoms with Gasteiger partial charge in [0.1, 0.15) is 0 Å². The van der Waals surface area contributed by atoms with Gasteiger partial charge in [-0.05, 0) is 20.3 Å². The number of halogens is 1. The summed E-state index contributed by atoms with van der Waals surface area (Å²) in [6, 6.07) is 0. The largest absolute Gasteiger partial charge is 0.307 e. The second-order valence-electron chi connectivity index (χ2n) is 3.50. The maximum Gasteiger partial charge on any atom is 0.0270 e. The smallest absolute Gasteiger partial charge is 0.0270 e. The van der Waals surface area contributed by atoms with Crippen molar-refractivity contribution in [3.8, 4) is 0 Å². The maximum absolute atomic E-state index is 3.77. The van der Waals surface area contributed by atoms with E-state index in [9.17, 15) is 0 Å². The van der Waals surface area contributed by atoms with Gasteiger partial charge in [0.2, 0.25) is 0 Å². The molecule has 0 fully saturated rings. The third-order valence-corrected chi connectivity index (χ3v) is 1.91. The first-order chi connectivity index (χ1) is 4.98. The molecule has 11 heavy (non-hydrogen) atoms. The summed E-state index contributed by atoms with van der Waals surface area (Å²) in [6.45, 7) is 11.3. The van der Waals surface area contributed by atoms with Crippen molar-refractivity contribution in [3.63, 3.8) is 0 Å². The molecule has 2 heteroatoms. The van der Waals surface area contributed by atoms with Gasteiger partial charge in [-0.3, -0.25) is 0 Å². The minimum atomic E-state index is 0.242. The molecule has 0 amide bonds. The van der Waals surface area contributed by atoms with Crippen LogP contribution in [0, 0.1) is 0 Å². The number of hydrogen-bond acceptors (Lipinski definition) is 1. The molecular formula is C9H18BrN. The number of hydrogen-bond donors (Lipinski definition) is 1. The Morgan fingerprint density at radius 2 is 2.09 bits per heavy atom. The Balaban J connectivity index is 3.63. The molecule has 0 bridgehead atoms. The van der Waals surface area contributed by atoms with Crippen LogP contribution in [-0.2, 0) is 0 Å². The highest BCUT2D eigenvalue weighted by atomic mass is 79.9. The monoisotopic (exact) mass is 219 g/mol. The second-order valence-corrected chi connectivity index (χ2v) is 4.63. The van der Waals surface area contributed by atoms with Crippen molar-refractivity contribution < 1.29 is 0 Å². The summed E-state index contributed by atoms with van der Waals surface area (Å²) in [5.74, 6) is 0. The van der Waals surface area contributed by atoms with Crippen molar-refractivity contribution in [2.24, 2.45) is 0 Å². The predicted octanol–water partition coefficient (Wildman–Crippen LogP) is 3.06. The van der Waals surface area contributed by atoms with E-state index in [1.165, 1.54) is 12.8 Å². The Morgan fingerprint density at radius 1 is 1.55 bits per heavy atom. The summed E-state index contributed by atoms with van der Waals surface area (Å²) in [5.41, 5.74) is 0.242. The molecule has 0 aliphatic heterocycles. The van der Waals surface area contributed by atoms with E-state index in [4.69, 9.17) is 0 Å². The third kappa shape index (κ3) is 6.57. The van der Waals surface area contributed by atoms with Gasteiger partial charge in [0.15, 0.2) is 0 Å². The maximum atomic E-state index is 3.77. The van der Waals surface area contributed by atoms with Crippen LogP contribution in [-0.4, -0.2) is 12.1 Å². The van der Waals surface area contributed by atoms with E-state index in [1.807, 2.05) is 0 Å². The first kappa shape index (κ1) is 11.2. The molecule has 1 nitrogen and oxygen atoms in total. The summed E-state index contributed by atoms with van der Waals surface area (Å²) < 4.78 is 1.02. The molecule has 0 aliphatic carbocycles. The van der Waals surface area contributed by atoms with Crippen LogP contribution in [0.4, 0.5) is 0 Å². The third-order valence-electron chi connectivity index (χ3n) is 1.63. The van der Waals surface area contributed by atoms with Gasteiger partial charge in [-0.1, -0.05) is 35.9 Å². The molecule has 0 radical (unpaired) electrons. The molecule has 0 unspecified atom stereocenters. The summed E-state index contributed by atoms with van der Waals surface area (Å²) in [4.78, 5) is 0. The van der Waals surface area contributed by atoms with Gasteiger partial charge < -0.3 is 5.32 Å². The standard InChI is InChI=1S/C9H18BrN/c1-5-6-9(3,4)11-7-8(2)10/h11H,2,5-7H2,1,3-4H3. The SMILES string of the molecule is C=C(Br)CNC(C)(C)CCC. The van der Waals surface area contributed by atoms with Crippen molar-refractivity contribution >= 4 is 15.9 Å². The van der Waals surface area contributed by atoms with Crippen LogP contribution in [0.15, 0.2) is 11.1 Å². The van der Waals surface area contributed by atoms with E-state index in [-0.39, 0.29) is 5.54 Å². The molecular weight excluding hydrogens is 202 g/mol. The lowest BCUT2D eigenvalue weighted by Gasteiger charge is -2.25. The van der Waals surface area contributed by atoms with Crippen molar-refractivity contribution in [1.82, 2.24) is 5.32 Å². The molecule has 0 spiro atoms. The molecule has 0 heterocycles. The van der Waals surface area contributed by atoms with Gasteiger partial charge in [0, 0.05) is 16.6 Å². The zero-order valence-corrected chi connectivity index (χ0v) is 9.29. The van der Waals surface area contributed by atoms with Crippen molar-refractivity contribution in [3.05, 3.63) is 11.1 Å². The van der Waals surface area contributed by atoms with Gasteiger partial charge >= 0.3 is 0 Å². The van der Waals surface area contributed by atoms with Crippen LogP contribution in [0.1, 0.15) is 33.6 Å². The predicted molar refractivity (Wildman–Crippen MR) is 55.1 cm³/mol. The Labute approximate surface area is 78.4 Å². The van der Waals surface area contributed by atoms with Gasteiger partial charge in [-0.15, -0.1) is 0 Å². The fourth-order valence-corrected chi connectivity index (χ4v) is 1.19. The Kier molecular flexibility index (Phi) is 5.02. The molecule has 66 valence electrons. The molecule has 1 N–H and O–H groups in total. The quantitative estimate of drug-likeness (QED) is 0.750. The zero-order chi connectivity index (χ0) is 8.91. The van der Waals surface area contributed by atoms with E-state index in [1.54, 1.807) is 0 Å². The first-order valence-corrected chi connectivity index (χ1v) is 4.85. The highest BCUT2D eigenvalue weighted by Crippen LogP contribution is 2.11. The molecule has 0 aromatic heterocycles. The number of nitrogens with one attached hydrogen (secondary N) is 1. The highest BCUT2D eigenvalue weighted by molar-refractivity contribution is 9.11. The molecule has 0 atom stereocenters. The molecule has 0 aromatic rings. The average Bonchev–Trinajstić information content (AvgIpc) is 1.84. The summed E-state index contributed by atoms with van der Waals surface area (Å²) >= 11 is 3.32. The Bertz CT molecular complexity index is 130. The minimum absolute atomic E-state index is 0.242. The fraction of sp³-hybridized carbons (Fsp3) is 0.778. The Hall–Kier alpha value is 0.180. The Morgan fingerprint density at radius 3 is 2.45 bits per heavy atom. The van der Waals surface area contributed by atoms with Crippen LogP contribution in [0.25, 0.3) is 0 Å². The summed E-state index contributed by atoms with van der Waals surface area (Å²) in [7, 11) is 0. The number of rotatable bonds is 5. The molecule has 0 aromatic carbocycles. The van der Waals surface area contributed by atoms with Crippen molar-refractivity contribution in [1.29, 1.82) is 0 Å². The van der Waals surface area contributed by atoms with Crippen LogP contribution in [0.2, 0.25) is 0 Å². The van der Waals surface area contributed by atoms with E-state index >= 15 is 0 Å². The fourth-order valence-electron chi connectivity index (χ4n) is 1.05. The van der Waals surface area contributed by atoms with E-state index in [0.29, 0.717) is 0 Å². The van der Waals surface area contributed by atoms with Crippen molar-refractivity contribution in [2.45, 2.75) is 39.2 Å². The normalized spacial score (nSPS) is 11.6. The first-order valence-electron chi connectivity index (χ1n) is 4.06. The minimum Gasteiger partial charge on any atom is -0.307 e. The lowest BCUT2D eigenvalue weighted by molar-refractivity contribution is 0.374. The van der Waals surface area contributed by atoms with Gasteiger partial charge in [-0.2, -0.15) is 0 Å².